The van der Waals surface area contributed by atoms with E-state index in [0.717, 1.165) is 0 Å². The molecule has 0 heterocycles. The van der Waals surface area contributed by atoms with Crippen molar-refractivity contribution in [2.75, 3.05) is 12.9 Å². The molecule has 0 spiro atoms. The van der Waals surface area contributed by atoms with Crippen LogP contribution < -0.4 is 5.32 Å². The molecule has 0 radical (unpaired) electrons. The average molecular weight is 279 g/mol. The molecule has 2 atom stereocenters. The molecule has 2 rings (SSSR count). The zero-order valence-corrected chi connectivity index (χ0v) is 12.9. The summed E-state index contributed by atoms with van der Waals surface area (Å²) in [5.74, 6) is 0.715. The third-order valence-electron chi connectivity index (χ3n) is 4.23. The molecule has 1 aromatic rings. The number of aryl methyl sites for hydroxylation is 1. The predicted octanol–water partition coefficient (Wildman–Crippen LogP) is 2.94. The molecule has 0 bridgehead atoms. The molecule has 1 saturated carbocycles. The van der Waals surface area contributed by atoms with Crippen LogP contribution in [0.25, 0.3) is 0 Å². The number of hydrogen-bond acceptors (Lipinski definition) is 3. The van der Waals surface area contributed by atoms with Crippen molar-refractivity contribution in [3.8, 4) is 0 Å². The molecule has 0 amide bonds. The van der Waals surface area contributed by atoms with Crippen LogP contribution in [-0.4, -0.2) is 35.3 Å². The van der Waals surface area contributed by atoms with Gasteiger partial charge in [0.15, 0.2) is 0 Å². The van der Waals surface area contributed by atoms with Gasteiger partial charge in [-0.3, -0.25) is 0 Å². The van der Waals surface area contributed by atoms with Gasteiger partial charge >= 0.3 is 0 Å². The average Bonchev–Trinajstić information content (AvgIpc) is 2.36. The summed E-state index contributed by atoms with van der Waals surface area (Å²) in [6, 6.07) is 9.92. The molecule has 2 N–H and O–H groups in total. The van der Waals surface area contributed by atoms with Crippen molar-refractivity contribution >= 4 is 11.8 Å². The standard InChI is InChI=1S/C16H25NOS/c1-11-4-6-13(7-5-11)14-8-15(9-14)17-12(2)16(10-18)19-3/h4-7,12,14-18H,8-10H2,1-3H3. The fourth-order valence-electron chi connectivity index (χ4n) is 2.78. The normalized spacial score (nSPS) is 25.7. The first-order valence-corrected chi connectivity index (χ1v) is 8.39. The number of benzene rings is 1. The number of thioether (sulfide) groups is 1. The van der Waals surface area contributed by atoms with Crippen molar-refractivity contribution in [2.45, 2.75) is 49.9 Å². The lowest BCUT2D eigenvalue weighted by Gasteiger charge is -2.39. The van der Waals surface area contributed by atoms with Gasteiger partial charge in [0.05, 0.1) is 6.61 Å². The van der Waals surface area contributed by atoms with Crippen molar-refractivity contribution in [2.24, 2.45) is 0 Å². The van der Waals surface area contributed by atoms with E-state index in [0.29, 0.717) is 23.3 Å². The smallest absolute Gasteiger partial charge is 0.0564 e. The minimum absolute atomic E-state index is 0.253. The van der Waals surface area contributed by atoms with Gasteiger partial charge in [0.1, 0.15) is 0 Å². The maximum absolute atomic E-state index is 9.30. The topological polar surface area (TPSA) is 32.3 Å². The van der Waals surface area contributed by atoms with E-state index in [1.54, 1.807) is 11.8 Å². The van der Waals surface area contributed by atoms with Gasteiger partial charge in [-0.05, 0) is 44.4 Å². The van der Waals surface area contributed by atoms with Crippen LogP contribution in [0.3, 0.4) is 0 Å². The third kappa shape index (κ3) is 3.74. The van der Waals surface area contributed by atoms with Crippen LogP contribution in [0.5, 0.6) is 0 Å². The van der Waals surface area contributed by atoms with Gasteiger partial charge in [-0.15, -0.1) is 0 Å². The maximum Gasteiger partial charge on any atom is 0.0564 e. The highest BCUT2D eigenvalue weighted by Gasteiger charge is 2.32. The minimum Gasteiger partial charge on any atom is -0.395 e. The van der Waals surface area contributed by atoms with Crippen molar-refractivity contribution in [1.29, 1.82) is 0 Å². The van der Waals surface area contributed by atoms with E-state index in [1.807, 2.05) is 0 Å². The first-order valence-electron chi connectivity index (χ1n) is 7.10. The molecule has 1 aromatic carbocycles. The van der Waals surface area contributed by atoms with E-state index in [-0.39, 0.29) is 6.61 Å². The SMILES string of the molecule is CSC(CO)C(C)NC1CC(c2ccc(C)cc2)C1. The van der Waals surface area contributed by atoms with Crippen LogP contribution in [0.1, 0.15) is 36.8 Å². The Hall–Kier alpha value is -0.510. The Labute approximate surface area is 121 Å². The summed E-state index contributed by atoms with van der Waals surface area (Å²) in [6.07, 6.45) is 4.51. The molecule has 3 heteroatoms. The Morgan fingerprint density at radius 2 is 1.95 bits per heavy atom. The van der Waals surface area contributed by atoms with Crippen molar-refractivity contribution < 1.29 is 5.11 Å². The summed E-state index contributed by atoms with van der Waals surface area (Å²) >= 11 is 1.74. The number of nitrogens with one attached hydrogen (secondary N) is 1. The molecule has 2 nitrogen and oxygen atoms in total. The lowest BCUT2D eigenvalue weighted by atomic mass is 9.75. The molecule has 0 saturated heterocycles. The molecule has 1 fully saturated rings. The quantitative estimate of drug-likeness (QED) is 0.840. The Morgan fingerprint density at radius 1 is 1.32 bits per heavy atom. The van der Waals surface area contributed by atoms with Gasteiger partial charge in [0, 0.05) is 17.3 Å². The zero-order valence-electron chi connectivity index (χ0n) is 12.1. The van der Waals surface area contributed by atoms with Crippen LogP contribution in [0.2, 0.25) is 0 Å². The van der Waals surface area contributed by atoms with Crippen LogP contribution in [-0.2, 0) is 0 Å². The van der Waals surface area contributed by atoms with E-state index in [1.165, 1.54) is 24.0 Å². The van der Waals surface area contributed by atoms with Crippen molar-refractivity contribution in [3.05, 3.63) is 35.4 Å². The highest BCUT2D eigenvalue weighted by Crippen LogP contribution is 2.37. The second-order valence-electron chi connectivity index (χ2n) is 5.69. The van der Waals surface area contributed by atoms with Gasteiger partial charge < -0.3 is 10.4 Å². The molecular formula is C16H25NOS. The van der Waals surface area contributed by atoms with E-state index < -0.39 is 0 Å². The number of hydrogen-bond donors (Lipinski definition) is 2. The van der Waals surface area contributed by atoms with E-state index >= 15 is 0 Å². The number of aliphatic hydroxyl groups excluding tert-OH is 1. The summed E-state index contributed by atoms with van der Waals surface area (Å²) in [4.78, 5) is 0. The molecule has 1 aliphatic rings. The first-order chi connectivity index (χ1) is 9.13. The molecule has 2 unspecified atom stereocenters. The Kier molecular flexibility index (Phi) is 5.31. The van der Waals surface area contributed by atoms with Crippen LogP contribution in [0.15, 0.2) is 24.3 Å². The summed E-state index contributed by atoms with van der Waals surface area (Å²) in [5.41, 5.74) is 2.80. The van der Waals surface area contributed by atoms with E-state index in [4.69, 9.17) is 0 Å². The summed E-state index contributed by atoms with van der Waals surface area (Å²) in [5, 5.41) is 13.2. The zero-order chi connectivity index (χ0) is 13.8. The lowest BCUT2D eigenvalue weighted by Crippen LogP contribution is -2.48. The number of rotatable bonds is 6. The van der Waals surface area contributed by atoms with Gasteiger partial charge in [0.25, 0.3) is 0 Å². The molecule has 0 aliphatic heterocycles. The summed E-state index contributed by atoms with van der Waals surface area (Å²) in [7, 11) is 0. The molecule has 19 heavy (non-hydrogen) atoms. The van der Waals surface area contributed by atoms with Gasteiger partial charge in [-0.2, -0.15) is 11.8 Å². The largest absolute Gasteiger partial charge is 0.395 e. The summed E-state index contributed by atoms with van der Waals surface area (Å²) < 4.78 is 0. The van der Waals surface area contributed by atoms with Gasteiger partial charge in [-0.25, -0.2) is 0 Å². The maximum atomic E-state index is 9.30. The predicted molar refractivity (Wildman–Crippen MR) is 83.9 cm³/mol. The number of aliphatic hydroxyl groups is 1. The van der Waals surface area contributed by atoms with Crippen LogP contribution in [0.4, 0.5) is 0 Å². The highest BCUT2D eigenvalue weighted by molar-refractivity contribution is 7.99. The van der Waals surface area contributed by atoms with Crippen molar-refractivity contribution in [1.82, 2.24) is 5.32 Å². The molecular weight excluding hydrogens is 254 g/mol. The molecule has 106 valence electrons. The first kappa shape index (κ1) is 14.9. The van der Waals surface area contributed by atoms with Gasteiger partial charge in [0.2, 0.25) is 0 Å². The Bertz CT molecular complexity index is 382. The van der Waals surface area contributed by atoms with E-state index in [2.05, 4.69) is 49.7 Å². The second-order valence-corrected chi connectivity index (χ2v) is 6.76. The second kappa shape index (κ2) is 6.78. The third-order valence-corrected chi connectivity index (χ3v) is 5.39. The highest BCUT2D eigenvalue weighted by atomic mass is 32.2. The van der Waals surface area contributed by atoms with Gasteiger partial charge in [-0.1, -0.05) is 29.8 Å². The van der Waals surface area contributed by atoms with Crippen LogP contribution in [0, 0.1) is 6.92 Å². The van der Waals surface area contributed by atoms with E-state index in [9.17, 15) is 5.11 Å². The fraction of sp³-hybridized carbons (Fsp3) is 0.625. The molecule has 0 aromatic heterocycles. The Balaban J connectivity index is 1.78. The monoisotopic (exact) mass is 279 g/mol. The van der Waals surface area contributed by atoms with Crippen LogP contribution >= 0.6 is 11.8 Å². The fourth-order valence-corrected chi connectivity index (χ4v) is 3.42. The Morgan fingerprint density at radius 3 is 2.47 bits per heavy atom. The molecule has 1 aliphatic carbocycles. The van der Waals surface area contributed by atoms with Crippen molar-refractivity contribution in [3.63, 3.8) is 0 Å². The summed E-state index contributed by atoms with van der Waals surface area (Å²) in [6.45, 7) is 4.56. The minimum atomic E-state index is 0.253. The lowest BCUT2D eigenvalue weighted by molar-refractivity contribution is 0.235.